The minimum atomic E-state index is -4.05. The van der Waals surface area contributed by atoms with Crippen LogP contribution in [0.25, 0.3) is 0 Å². The molecule has 0 bridgehead atoms. The van der Waals surface area contributed by atoms with E-state index < -0.39 is 33.4 Å². The Morgan fingerprint density at radius 2 is 1.68 bits per heavy atom. The van der Waals surface area contributed by atoms with Crippen LogP contribution in [0.1, 0.15) is 23.6 Å². The molecule has 40 heavy (non-hydrogen) atoms. The number of sulfonamides is 1. The molecule has 212 valence electrons. The van der Waals surface area contributed by atoms with Crippen LogP contribution in [0.15, 0.2) is 77.3 Å². The monoisotopic (exact) mass is 630 g/mol. The van der Waals surface area contributed by atoms with E-state index in [1.54, 1.807) is 26.0 Å². The van der Waals surface area contributed by atoms with E-state index in [0.717, 1.165) is 32.2 Å². The highest BCUT2D eigenvalue weighted by molar-refractivity contribution is 9.10. The van der Waals surface area contributed by atoms with Gasteiger partial charge in [-0.15, -0.1) is 0 Å². The van der Waals surface area contributed by atoms with Gasteiger partial charge in [0.2, 0.25) is 21.8 Å². The van der Waals surface area contributed by atoms with Crippen molar-refractivity contribution >= 4 is 49.1 Å². The molecule has 0 aliphatic carbocycles. The van der Waals surface area contributed by atoms with Gasteiger partial charge in [0.1, 0.15) is 12.6 Å². The van der Waals surface area contributed by atoms with E-state index in [4.69, 9.17) is 0 Å². The Labute approximate surface area is 242 Å². The second kappa shape index (κ2) is 13.5. The number of nitro benzene ring substituents is 1. The lowest BCUT2D eigenvalue weighted by atomic mass is 10.0. The number of likely N-dealkylation sites (N-methyl/N-ethyl adjacent to an activating group) is 1. The van der Waals surface area contributed by atoms with Gasteiger partial charge in [0.15, 0.2) is 0 Å². The number of halogens is 1. The quantitative estimate of drug-likeness (QED) is 0.236. The summed E-state index contributed by atoms with van der Waals surface area (Å²) in [6.07, 6.45) is 1.13. The van der Waals surface area contributed by atoms with Gasteiger partial charge in [-0.05, 0) is 42.7 Å². The number of rotatable bonds is 12. The molecule has 0 unspecified atom stereocenters. The molecule has 0 saturated heterocycles. The van der Waals surface area contributed by atoms with Gasteiger partial charge in [-0.3, -0.25) is 24.0 Å². The zero-order valence-corrected chi connectivity index (χ0v) is 24.8. The molecule has 0 saturated carbocycles. The van der Waals surface area contributed by atoms with Crippen LogP contribution in [0.5, 0.6) is 0 Å². The standard InChI is InChI=1S/C28H31BrN4O6S/c1-4-30-28(35)26(16-21-8-6-5-7-9-21)31(18-22-11-13-23(29)14-12-22)27(34)19-32(40(3,38)39)25-17-24(33(36)37)15-10-20(25)2/h5-15,17,26H,4,16,18-19H2,1-3H3,(H,30,35)/t26-/m0/s1. The number of carbonyl (C=O) groups is 2. The predicted octanol–water partition coefficient (Wildman–Crippen LogP) is 4.21. The second-order valence-corrected chi connectivity index (χ2v) is 12.1. The summed E-state index contributed by atoms with van der Waals surface area (Å²) in [5, 5.41) is 14.2. The number of hydrogen-bond acceptors (Lipinski definition) is 6. The van der Waals surface area contributed by atoms with E-state index >= 15 is 0 Å². The van der Waals surface area contributed by atoms with Crippen molar-refractivity contribution in [1.82, 2.24) is 10.2 Å². The summed E-state index contributed by atoms with van der Waals surface area (Å²) in [6, 6.07) is 19.3. The van der Waals surface area contributed by atoms with Gasteiger partial charge in [-0.1, -0.05) is 64.5 Å². The maximum Gasteiger partial charge on any atom is 0.271 e. The molecule has 0 fully saturated rings. The van der Waals surface area contributed by atoms with Crippen molar-refractivity contribution in [1.29, 1.82) is 0 Å². The number of nitro groups is 1. The average molecular weight is 632 g/mol. The Hall–Kier alpha value is -3.77. The Kier molecular flexibility index (Phi) is 10.4. The first-order valence-electron chi connectivity index (χ1n) is 12.5. The highest BCUT2D eigenvalue weighted by atomic mass is 79.9. The molecule has 3 aromatic carbocycles. The van der Waals surface area contributed by atoms with Crippen molar-refractivity contribution in [3.05, 3.63) is 104 Å². The number of aryl methyl sites for hydroxylation is 1. The van der Waals surface area contributed by atoms with Crippen LogP contribution in [0, 0.1) is 17.0 Å². The molecule has 3 aromatic rings. The lowest BCUT2D eigenvalue weighted by Gasteiger charge is -2.33. The van der Waals surface area contributed by atoms with Crippen molar-refractivity contribution in [3.63, 3.8) is 0 Å². The zero-order chi connectivity index (χ0) is 29.4. The molecule has 12 heteroatoms. The van der Waals surface area contributed by atoms with Crippen LogP contribution in [0.2, 0.25) is 0 Å². The fourth-order valence-corrected chi connectivity index (χ4v) is 5.37. The lowest BCUT2D eigenvalue weighted by molar-refractivity contribution is -0.384. The molecule has 0 radical (unpaired) electrons. The van der Waals surface area contributed by atoms with Gasteiger partial charge in [0.05, 0.1) is 16.9 Å². The van der Waals surface area contributed by atoms with E-state index in [1.165, 1.54) is 17.0 Å². The molecule has 0 aliphatic heterocycles. The van der Waals surface area contributed by atoms with Crippen LogP contribution in [-0.2, 0) is 32.6 Å². The van der Waals surface area contributed by atoms with E-state index in [2.05, 4.69) is 21.2 Å². The van der Waals surface area contributed by atoms with E-state index in [0.29, 0.717) is 12.1 Å². The first-order valence-corrected chi connectivity index (χ1v) is 15.1. The summed E-state index contributed by atoms with van der Waals surface area (Å²) < 4.78 is 27.5. The summed E-state index contributed by atoms with van der Waals surface area (Å²) in [6.45, 7) is 3.10. The fourth-order valence-electron chi connectivity index (χ4n) is 4.21. The largest absolute Gasteiger partial charge is 0.355 e. The number of hydrogen-bond donors (Lipinski definition) is 1. The van der Waals surface area contributed by atoms with Gasteiger partial charge in [0, 0.05) is 36.1 Å². The minimum absolute atomic E-state index is 0.0197. The summed E-state index contributed by atoms with van der Waals surface area (Å²) in [7, 11) is -4.05. The second-order valence-electron chi connectivity index (χ2n) is 9.25. The normalized spacial score (nSPS) is 11.9. The minimum Gasteiger partial charge on any atom is -0.355 e. The molecule has 1 atom stereocenters. The molecular formula is C28H31BrN4O6S. The van der Waals surface area contributed by atoms with Gasteiger partial charge >= 0.3 is 0 Å². The SMILES string of the molecule is CCNC(=O)[C@H](Cc1ccccc1)N(Cc1ccc(Br)cc1)C(=O)CN(c1cc([N+](=O)[O-])ccc1C)S(C)(=O)=O. The lowest BCUT2D eigenvalue weighted by Crippen LogP contribution is -2.53. The van der Waals surface area contributed by atoms with E-state index in [1.807, 2.05) is 42.5 Å². The van der Waals surface area contributed by atoms with Crippen molar-refractivity contribution in [2.45, 2.75) is 32.9 Å². The van der Waals surface area contributed by atoms with Crippen molar-refractivity contribution in [3.8, 4) is 0 Å². The summed E-state index contributed by atoms with van der Waals surface area (Å²) >= 11 is 3.39. The van der Waals surface area contributed by atoms with Crippen LogP contribution < -0.4 is 9.62 Å². The number of nitrogens with zero attached hydrogens (tertiary/aromatic N) is 3. The molecule has 0 heterocycles. The maximum absolute atomic E-state index is 14.0. The van der Waals surface area contributed by atoms with Crippen LogP contribution in [0.3, 0.4) is 0 Å². The number of benzene rings is 3. The number of amides is 2. The van der Waals surface area contributed by atoms with Crippen molar-refractivity contribution in [2.24, 2.45) is 0 Å². The maximum atomic E-state index is 14.0. The first kappa shape index (κ1) is 30.8. The third kappa shape index (κ3) is 8.12. The van der Waals surface area contributed by atoms with Gasteiger partial charge in [-0.25, -0.2) is 8.42 Å². The van der Waals surface area contributed by atoms with Crippen molar-refractivity contribution < 1.29 is 22.9 Å². The van der Waals surface area contributed by atoms with Gasteiger partial charge in [0.25, 0.3) is 5.69 Å². The molecule has 10 nitrogen and oxygen atoms in total. The number of non-ortho nitro benzene ring substituents is 1. The average Bonchev–Trinajstić information content (AvgIpc) is 2.90. The van der Waals surface area contributed by atoms with Crippen LogP contribution >= 0.6 is 15.9 Å². The van der Waals surface area contributed by atoms with Gasteiger partial charge in [-0.2, -0.15) is 0 Å². The third-order valence-electron chi connectivity index (χ3n) is 6.24. The Balaban J connectivity index is 2.08. The summed E-state index contributed by atoms with van der Waals surface area (Å²) in [5.41, 5.74) is 1.70. The van der Waals surface area contributed by atoms with Crippen molar-refractivity contribution in [2.75, 3.05) is 23.7 Å². The summed E-state index contributed by atoms with van der Waals surface area (Å²) in [5.74, 6) is -1.01. The third-order valence-corrected chi connectivity index (χ3v) is 7.89. The molecule has 0 aromatic heterocycles. The smallest absolute Gasteiger partial charge is 0.271 e. The number of nitrogens with one attached hydrogen (secondary N) is 1. The first-order chi connectivity index (χ1) is 18.9. The zero-order valence-electron chi connectivity index (χ0n) is 22.4. The molecule has 2 amide bonds. The topological polar surface area (TPSA) is 130 Å². The molecule has 0 aliphatic rings. The highest BCUT2D eigenvalue weighted by Crippen LogP contribution is 2.28. The Morgan fingerprint density at radius 1 is 1.02 bits per heavy atom. The number of anilines is 1. The fraction of sp³-hybridized carbons (Fsp3) is 0.286. The van der Waals surface area contributed by atoms with Crippen LogP contribution in [0.4, 0.5) is 11.4 Å². The molecule has 0 spiro atoms. The summed E-state index contributed by atoms with van der Waals surface area (Å²) in [4.78, 5) is 39.5. The predicted molar refractivity (Wildman–Crippen MR) is 157 cm³/mol. The van der Waals surface area contributed by atoms with Crippen LogP contribution in [-0.4, -0.2) is 55.4 Å². The molecular weight excluding hydrogens is 600 g/mol. The van der Waals surface area contributed by atoms with E-state index in [-0.39, 0.29) is 30.2 Å². The Morgan fingerprint density at radius 3 is 2.25 bits per heavy atom. The Bertz CT molecular complexity index is 1470. The number of carbonyl (C=O) groups excluding carboxylic acids is 2. The van der Waals surface area contributed by atoms with E-state index in [9.17, 15) is 28.1 Å². The molecule has 3 rings (SSSR count). The molecule has 1 N–H and O–H groups in total. The highest BCUT2D eigenvalue weighted by Gasteiger charge is 2.33. The van der Waals surface area contributed by atoms with Gasteiger partial charge < -0.3 is 10.2 Å².